The molecule has 2 aliphatic rings. The summed E-state index contributed by atoms with van der Waals surface area (Å²) in [5.41, 5.74) is 10.3. The van der Waals surface area contributed by atoms with Gasteiger partial charge in [0.2, 0.25) is 0 Å². The molecule has 45 heavy (non-hydrogen) atoms. The summed E-state index contributed by atoms with van der Waals surface area (Å²) in [4.78, 5) is 9.36. The van der Waals surface area contributed by atoms with Crippen LogP contribution in [0.15, 0.2) is 127 Å². The average molecular weight is 600 g/mol. The highest BCUT2D eigenvalue weighted by molar-refractivity contribution is 6.05. The number of nitrogens with zero attached hydrogens (tertiary/aromatic N) is 5. The number of hydrogen-bond acceptors (Lipinski definition) is 3. The fourth-order valence-electron chi connectivity index (χ4n) is 6.63. The van der Waals surface area contributed by atoms with Crippen LogP contribution in [-0.2, 0) is 13.1 Å². The molecule has 0 radical (unpaired) electrons. The highest BCUT2D eigenvalue weighted by Gasteiger charge is 2.31. The van der Waals surface area contributed by atoms with Crippen molar-refractivity contribution in [2.75, 3.05) is 38.0 Å². The Balaban J connectivity index is 1.12. The van der Waals surface area contributed by atoms with Gasteiger partial charge in [0.1, 0.15) is 24.5 Å². The molecule has 2 aliphatic heterocycles. The van der Waals surface area contributed by atoms with Gasteiger partial charge in [0.25, 0.3) is 0 Å². The van der Waals surface area contributed by atoms with Crippen LogP contribution in [0.4, 0.5) is 22.7 Å². The second-order valence-corrected chi connectivity index (χ2v) is 12.7. The van der Waals surface area contributed by atoms with Gasteiger partial charge in [0, 0.05) is 93.9 Å². The van der Waals surface area contributed by atoms with E-state index in [1.54, 1.807) is 0 Å². The summed E-state index contributed by atoms with van der Waals surface area (Å²) in [7, 11) is 8.33. The van der Waals surface area contributed by atoms with E-state index in [4.69, 9.17) is 4.99 Å². The molecule has 2 atom stereocenters. The van der Waals surface area contributed by atoms with Crippen LogP contribution in [0.1, 0.15) is 48.6 Å². The van der Waals surface area contributed by atoms with E-state index in [2.05, 4.69) is 168 Å². The lowest BCUT2D eigenvalue weighted by Crippen LogP contribution is -2.73. The van der Waals surface area contributed by atoms with E-state index in [1.165, 1.54) is 39.6 Å². The molecule has 6 rings (SSSR count). The minimum absolute atomic E-state index is 0.328. The van der Waals surface area contributed by atoms with Gasteiger partial charge in [-0.05, 0) is 42.7 Å². The number of benzene rings is 2. The molecular weight excluding hydrogens is 552 g/mol. The Labute approximate surface area is 268 Å². The maximum Gasteiger partial charge on any atom is 0.170 e. The standard InChI is InChI=1S/C39H46N6/c1-42(2)30-20-26-44(27-21-30)24-10-14-34-32-12-5-7-16-36(32)40-38(34)18-9-19-39-35(33-13-6-8-17-37(33)41-39)15-11-25-45-28-22-31(23-29-45)43(3)4/h5-9,12-13,16-23,26-29,34-35,40H,10-11,14-15,24-25H2,1-4H3/q+2/p+1/b19-9+,38-18-. The molecule has 230 valence electrons. The van der Waals surface area contributed by atoms with Crippen LogP contribution in [0.3, 0.4) is 0 Å². The predicted molar refractivity (Wildman–Crippen MR) is 185 cm³/mol. The van der Waals surface area contributed by atoms with Crippen LogP contribution in [-0.4, -0.2) is 33.9 Å². The highest BCUT2D eigenvalue weighted by Crippen LogP contribution is 2.39. The quantitative estimate of drug-likeness (QED) is 0.161. The van der Waals surface area contributed by atoms with Crippen LogP contribution in [0.5, 0.6) is 0 Å². The molecule has 0 amide bonds. The third-order valence-corrected chi connectivity index (χ3v) is 9.17. The summed E-state index contributed by atoms with van der Waals surface area (Å²) >= 11 is 0. The Morgan fingerprint density at radius 3 is 1.87 bits per heavy atom. The summed E-state index contributed by atoms with van der Waals surface area (Å²) in [6.07, 6.45) is 20.0. The third-order valence-electron chi connectivity index (χ3n) is 9.17. The molecule has 4 heterocycles. The van der Waals surface area contributed by atoms with Crippen LogP contribution in [0.2, 0.25) is 0 Å². The fraction of sp³-hybridized carbons (Fsp3) is 0.308. The number of allylic oxidation sites excluding steroid dienone is 4. The summed E-state index contributed by atoms with van der Waals surface area (Å²) in [6.45, 7) is 2.02. The van der Waals surface area contributed by atoms with Crippen molar-refractivity contribution in [3.8, 4) is 0 Å². The smallest absolute Gasteiger partial charge is 0.170 e. The Hall–Kier alpha value is -4.55. The molecule has 4 aromatic rings. The molecule has 2 N–H and O–H groups in total. The topological polar surface area (TPSA) is 43.2 Å². The first-order valence-corrected chi connectivity index (χ1v) is 16.3. The average Bonchev–Trinajstić information content (AvgIpc) is 3.59. The van der Waals surface area contributed by atoms with Gasteiger partial charge in [-0.3, -0.25) is 10.3 Å². The molecule has 6 nitrogen and oxygen atoms in total. The SMILES string of the molecule is CN(C)c1cc[n+](CCCC2C(/C=C/C=C3\[NH2+]c4ccccc4C3CCC[n+]3ccc(N(C)C)cc3)=Nc3ccccc32)cc1. The molecule has 0 aliphatic carbocycles. The normalized spacial score (nSPS) is 17.9. The predicted octanol–water partition coefficient (Wildman–Crippen LogP) is 5.96. The lowest BCUT2D eigenvalue weighted by molar-refractivity contribution is -0.697. The number of rotatable bonds is 12. The minimum atomic E-state index is 0.328. The van der Waals surface area contributed by atoms with E-state index in [0.717, 1.165) is 44.5 Å². The lowest BCUT2D eigenvalue weighted by atomic mass is 9.90. The number of aromatic nitrogens is 2. The molecule has 0 bridgehead atoms. The molecule has 0 saturated carbocycles. The zero-order valence-electron chi connectivity index (χ0n) is 27.2. The molecule has 2 aromatic carbocycles. The van der Waals surface area contributed by atoms with E-state index >= 15 is 0 Å². The second kappa shape index (κ2) is 14.0. The number of fused-ring (bicyclic) bond motifs is 2. The van der Waals surface area contributed by atoms with Crippen molar-refractivity contribution in [3.63, 3.8) is 0 Å². The molecular formula is C39H47N6+3. The maximum absolute atomic E-state index is 5.08. The van der Waals surface area contributed by atoms with Crippen molar-refractivity contribution in [3.05, 3.63) is 133 Å². The Morgan fingerprint density at radius 1 is 0.689 bits per heavy atom. The van der Waals surface area contributed by atoms with Gasteiger partial charge in [-0.25, -0.2) is 9.13 Å². The number of aryl methyl sites for hydroxylation is 2. The van der Waals surface area contributed by atoms with Gasteiger partial charge in [0.15, 0.2) is 24.8 Å². The van der Waals surface area contributed by atoms with Crippen molar-refractivity contribution in [2.24, 2.45) is 4.99 Å². The molecule has 2 unspecified atom stereocenters. The van der Waals surface area contributed by atoms with Crippen molar-refractivity contribution in [1.82, 2.24) is 0 Å². The third kappa shape index (κ3) is 7.23. The number of quaternary nitrogens is 1. The number of hydrogen-bond donors (Lipinski definition) is 1. The first-order chi connectivity index (χ1) is 22.0. The molecule has 0 saturated heterocycles. The van der Waals surface area contributed by atoms with E-state index in [0.29, 0.717) is 11.8 Å². The second-order valence-electron chi connectivity index (χ2n) is 12.7. The van der Waals surface area contributed by atoms with Crippen LogP contribution in [0, 0.1) is 0 Å². The highest BCUT2D eigenvalue weighted by atomic mass is 15.1. The fourth-order valence-corrected chi connectivity index (χ4v) is 6.63. The van der Waals surface area contributed by atoms with Crippen LogP contribution < -0.4 is 24.3 Å². The number of pyridine rings is 2. The first-order valence-electron chi connectivity index (χ1n) is 16.3. The van der Waals surface area contributed by atoms with Crippen molar-refractivity contribution >= 4 is 28.5 Å². The minimum Gasteiger partial charge on any atom is -0.377 e. The monoisotopic (exact) mass is 599 g/mol. The van der Waals surface area contributed by atoms with Gasteiger partial charge >= 0.3 is 0 Å². The summed E-state index contributed by atoms with van der Waals surface area (Å²) in [5.74, 6) is 0.746. The molecule has 2 aromatic heterocycles. The van der Waals surface area contributed by atoms with Crippen molar-refractivity contribution in [2.45, 2.75) is 50.6 Å². The summed E-state index contributed by atoms with van der Waals surface area (Å²) in [6, 6.07) is 26.3. The maximum atomic E-state index is 5.08. The van der Waals surface area contributed by atoms with Gasteiger partial charge in [-0.15, -0.1) is 0 Å². The van der Waals surface area contributed by atoms with Gasteiger partial charge in [0.05, 0.1) is 11.6 Å². The number of anilines is 2. The van der Waals surface area contributed by atoms with Crippen molar-refractivity contribution in [1.29, 1.82) is 0 Å². The van der Waals surface area contributed by atoms with Gasteiger partial charge < -0.3 is 9.80 Å². The van der Waals surface area contributed by atoms with Gasteiger partial charge in [-0.2, -0.15) is 0 Å². The number of aliphatic imine (C=N–C) groups is 1. The first kappa shape index (κ1) is 30.5. The Morgan fingerprint density at radius 2 is 1.24 bits per heavy atom. The van der Waals surface area contributed by atoms with E-state index < -0.39 is 0 Å². The largest absolute Gasteiger partial charge is 0.377 e. The van der Waals surface area contributed by atoms with Crippen molar-refractivity contribution < 1.29 is 14.5 Å². The summed E-state index contributed by atoms with van der Waals surface area (Å²) in [5, 5.41) is 2.38. The molecule has 0 fully saturated rings. The summed E-state index contributed by atoms with van der Waals surface area (Å²) < 4.78 is 4.59. The number of para-hydroxylation sites is 2. The molecule has 6 heteroatoms. The Bertz CT molecular complexity index is 1680. The van der Waals surface area contributed by atoms with E-state index in [9.17, 15) is 0 Å². The van der Waals surface area contributed by atoms with Gasteiger partial charge in [-0.1, -0.05) is 42.5 Å². The van der Waals surface area contributed by atoms with Crippen LogP contribution in [0.25, 0.3) is 0 Å². The zero-order chi connectivity index (χ0) is 31.2. The van der Waals surface area contributed by atoms with E-state index in [-0.39, 0.29) is 0 Å². The van der Waals surface area contributed by atoms with E-state index in [1.807, 2.05) is 0 Å². The zero-order valence-corrected chi connectivity index (χ0v) is 27.2. The number of nitrogens with two attached hydrogens (primary N) is 1. The molecule has 0 spiro atoms. The lowest BCUT2D eigenvalue weighted by Gasteiger charge is -2.12. The van der Waals surface area contributed by atoms with Crippen LogP contribution >= 0.6 is 0 Å². The Kier molecular flexibility index (Phi) is 9.51.